The van der Waals surface area contributed by atoms with Crippen molar-refractivity contribution in [3.63, 3.8) is 0 Å². The maximum atomic E-state index is 12.7. The van der Waals surface area contributed by atoms with Crippen molar-refractivity contribution in [1.29, 1.82) is 0 Å². The van der Waals surface area contributed by atoms with E-state index in [4.69, 9.17) is 14.2 Å². The number of rotatable bonds is 7. The minimum Gasteiger partial charge on any atom is -0.497 e. The van der Waals surface area contributed by atoms with Crippen LogP contribution in [0.15, 0.2) is 47.6 Å². The first-order chi connectivity index (χ1) is 14.6. The van der Waals surface area contributed by atoms with Gasteiger partial charge in [-0.15, -0.1) is 10.2 Å². The van der Waals surface area contributed by atoms with Crippen LogP contribution < -0.4 is 14.2 Å². The highest BCUT2D eigenvalue weighted by Crippen LogP contribution is 2.32. The number of benzene rings is 2. The zero-order chi connectivity index (χ0) is 21.1. The van der Waals surface area contributed by atoms with E-state index in [-0.39, 0.29) is 17.6 Å². The topological polar surface area (TPSA) is 75.5 Å². The van der Waals surface area contributed by atoms with E-state index in [0.29, 0.717) is 35.4 Å². The summed E-state index contributed by atoms with van der Waals surface area (Å²) in [6, 6.07) is 13.1. The molecule has 0 radical (unpaired) electrons. The highest BCUT2D eigenvalue weighted by Gasteiger charge is 2.19. The Labute approximate surface area is 179 Å². The Morgan fingerprint density at radius 3 is 2.53 bits per heavy atom. The van der Waals surface area contributed by atoms with Gasteiger partial charge in [-0.1, -0.05) is 11.8 Å². The zero-order valence-electron chi connectivity index (χ0n) is 17.1. The molecule has 0 saturated heterocycles. The molecule has 0 aliphatic carbocycles. The lowest BCUT2D eigenvalue weighted by atomic mass is 10.1. The van der Waals surface area contributed by atoms with Gasteiger partial charge in [-0.25, -0.2) is 0 Å². The lowest BCUT2D eigenvalue weighted by Gasteiger charge is -2.18. The van der Waals surface area contributed by atoms with Gasteiger partial charge >= 0.3 is 0 Å². The van der Waals surface area contributed by atoms with Gasteiger partial charge in [0.1, 0.15) is 19.0 Å². The molecule has 1 aliphatic heterocycles. The Hall–Kier alpha value is -3.00. The average Bonchev–Trinajstić information content (AvgIpc) is 3.21. The second kappa shape index (κ2) is 8.79. The Morgan fingerprint density at radius 2 is 1.83 bits per heavy atom. The summed E-state index contributed by atoms with van der Waals surface area (Å²) < 4.78 is 18.4. The summed E-state index contributed by atoms with van der Waals surface area (Å²) in [5.41, 5.74) is 1.54. The van der Waals surface area contributed by atoms with Gasteiger partial charge in [-0.3, -0.25) is 9.36 Å². The van der Waals surface area contributed by atoms with E-state index in [1.54, 1.807) is 25.3 Å². The lowest BCUT2D eigenvalue weighted by molar-refractivity contribution is 0.102. The number of hydrogen-bond acceptors (Lipinski definition) is 7. The molecular weight excluding hydrogens is 402 g/mol. The van der Waals surface area contributed by atoms with Crippen molar-refractivity contribution in [2.75, 3.05) is 26.1 Å². The van der Waals surface area contributed by atoms with Crippen LogP contribution >= 0.6 is 11.8 Å². The first kappa shape index (κ1) is 20.3. The van der Waals surface area contributed by atoms with Gasteiger partial charge in [0.15, 0.2) is 28.3 Å². The van der Waals surface area contributed by atoms with Gasteiger partial charge in [0, 0.05) is 17.2 Å². The second-order valence-electron chi connectivity index (χ2n) is 7.07. The number of Topliss-reactive ketones (excluding diaryl/α,β-unsaturated/α-hetero) is 1. The van der Waals surface area contributed by atoms with Gasteiger partial charge in [-0.05, 0) is 56.3 Å². The van der Waals surface area contributed by atoms with Crippen LogP contribution in [-0.4, -0.2) is 46.6 Å². The quantitative estimate of drug-likeness (QED) is 0.413. The van der Waals surface area contributed by atoms with Gasteiger partial charge in [0.05, 0.1) is 12.9 Å². The number of aromatic nitrogens is 3. The van der Waals surface area contributed by atoms with Gasteiger partial charge in [-0.2, -0.15) is 0 Å². The molecule has 3 aromatic rings. The molecule has 8 heteroatoms. The maximum absolute atomic E-state index is 12.7. The molecule has 0 N–H and O–H groups in total. The molecule has 1 aliphatic rings. The largest absolute Gasteiger partial charge is 0.497 e. The molecule has 0 atom stereocenters. The summed E-state index contributed by atoms with van der Waals surface area (Å²) in [6.07, 6.45) is 0. The van der Waals surface area contributed by atoms with Crippen molar-refractivity contribution in [3.05, 3.63) is 48.0 Å². The lowest BCUT2D eigenvalue weighted by Crippen LogP contribution is -2.16. The van der Waals surface area contributed by atoms with Crippen molar-refractivity contribution >= 4 is 17.5 Å². The van der Waals surface area contributed by atoms with E-state index in [1.165, 1.54) is 11.8 Å². The number of ether oxygens (including phenoxy) is 3. The van der Waals surface area contributed by atoms with E-state index in [1.807, 2.05) is 28.8 Å². The number of nitrogens with zero attached hydrogens (tertiary/aromatic N) is 3. The third-order valence-electron chi connectivity index (χ3n) is 4.73. The third kappa shape index (κ3) is 4.14. The monoisotopic (exact) mass is 425 g/mol. The van der Waals surface area contributed by atoms with Gasteiger partial charge < -0.3 is 14.2 Å². The summed E-state index contributed by atoms with van der Waals surface area (Å²) in [7, 11) is 1.64. The van der Waals surface area contributed by atoms with Crippen LogP contribution in [0.5, 0.6) is 17.2 Å². The summed E-state index contributed by atoms with van der Waals surface area (Å²) in [5, 5.41) is 9.42. The number of thioether (sulfide) groups is 1. The fourth-order valence-corrected chi connectivity index (χ4v) is 4.17. The highest BCUT2D eigenvalue weighted by atomic mass is 32.2. The molecule has 0 saturated carbocycles. The number of ketones is 1. The summed E-state index contributed by atoms with van der Waals surface area (Å²) in [6.45, 7) is 5.16. The minimum absolute atomic E-state index is 0.00118. The summed E-state index contributed by atoms with van der Waals surface area (Å²) in [4.78, 5) is 12.7. The van der Waals surface area contributed by atoms with E-state index in [9.17, 15) is 4.79 Å². The van der Waals surface area contributed by atoms with Crippen molar-refractivity contribution in [1.82, 2.24) is 14.8 Å². The van der Waals surface area contributed by atoms with Crippen molar-refractivity contribution in [2.24, 2.45) is 0 Å². The molecule has 2 aromatic carbocycles. The van der Waals surface area contributed by atoms with Crippen LogP contribution in [-0.2, 0) is 0 Å². The Kier molecular flexibility index (Phi) is 5.94. The maximum Gasteiger partial charge on any atom is 0.192 e. The third-order valence-corrected chi connectivity index (χ3v) is 5.67. The van der Waals surface area contributed by atoms with Crippen LogP contribution in [0, 0.1) is 0 Å². The van der Waals surface area contributed by atoms with Crippen LogP contribution in [0.1, 0.15) is 30.2 Å². The predicted octanol–water partition coefficient (Wildman–Crippen LogP) is 4.28. The van der Waals surface area contributed by atoms with Crippen molar-refractivity contribution < 1.29 is 19.0 Å². The Bertz CT molecular complexity index is 1050. The van der Waals surface area contributed by atoms with Crippen LogP contribution in [0.25, 0.3) is 11.4 Å². The fraction of sp³-hybridized carbons (Fsp3) is 0.318. The fourth-order valence-electron chi connectivity index (χ4n) is 3.21. The molecule has 0 unspecified atom stereocenters. The second-order valence-corrected chi connectivity index (χ2v) is 8.01. The Balaban J connectivity index is 1.52. The minimum atomic E-state index is 0.00118. The summed E-state index contributed by atoms with van der Waals surface area (Å²) in [5.74, 6) is 3.10. The van der Waals surface area contributed by atoms with E-state index in [2.05, 4.69) is 24.0 Å². The number of hydrogen-bond donors (Lipinski definition) is 0. The first-order valence-electron chi connectivity index (χ1n) is 9.72. The first-order valence-corrected chi connectivity index (χ1v) is 10.7. The standard InChI is InChI=1S/C22H23N3O4S/c1-14(2)25-21(15-4-7-17(27-3)8-5-15)23-24-22(25)30-13-18(26)16-6-9-19-20(12-16)29-11-10-28-19/h4-9,12,14H,10-11,13H2,1-3H3. The molecule has 0 spiro atoms. The zero-order valence-corrected chi connectivity index (χ0v) is 17.9. The van der Waals surface area contributed by atoms with Crippen LogP contribution in [0.2, 0.25) is 0 Å². The number of fused-ring (bicyclic) bond motifs is 1. The average molecular weight is 426 g/mol. The molecule has 7 nitrogen and oxygen atoms in total. The molecule has 2 heterocycles. The molecule has 0 fully saturated rings. The predicted molar refractivity (Wildman–Crippen MR) is 115 cm³/mol. The van der Waals surface area contributed by atoms with E-state index in [0.717, 1.165) is 17.1 Å². The Morgan fingerprint density at radius 1 is 1.10 bits per heavy atom. The molecule has 0 bridgehead atoms. The number of carbonyl (C=O) groups excluding carboxylic acids is 1. The van der Waals surface area contributed by atoms with E-state index < -0.39 is 0 Å². The van der Waals surface area contributed by atoms with E-state index >= 15 is 0 Å². The molecular formula is C22H23N3O4S. The molecule has 0 amide bonds. The SMILES string of the molecule is COc1ccc(-c2nnc(SCC(=O)c3ccc4c(c3)OCCO4)n2C(C)C)cc1. The number of methoxy groups -OCH3 is 1. The molecule has 156 valence electrons. The smallest absolute Gasteiger partial charge is 0.192 e. The van der Waals surface area contributed by atoms with Crippen molar-refractivity contribution in [3.8, 4) is 28.6 Å². The molecule has 4 rings (SSSR count). The van der Waals surface area contributed by atoms with Gasteiger partial charge in [0.25, 0.3) is 0 Å². The van der Waals surface area contributed by atoms with Crippen LogP contribution in [0.4, 0.5) is 0 Å². The summed E-state index contributed by atoms with van der Waals surface area (Å²) >= 11 is 1.38. The normalized spacial score (nSPS) is 12.8. The van der Waals surface area contributed by atoms with Crippen molar-refractivity contribution in [2.45, 2.75) is 25.0 Å². The number of carbonyl (C=O) groups is 1. The molecule has 1 aromatic heterocycles. The highest BCUT2D eigenvalue weighted by molar-refractivity contribution is 7.99. The molecule has 30 heavy (non-hydrogen) atoms. The van der Waals surface area contributed by atoms with Gasteiger partial charge in [0.2, 0.25) is 0 Å². The van der Waals surface area contributed by atoms with Crippen LogP contribution in [0.3, 0.4) is 0 Å².